The highest BCUT2D eigenvalue weighted by atomic mass is 19.4. The van der Waals surface area contributed by atoms with Crippen molar-refractivity contribution in [2.75, 3.05) is 11.9 Å². The first-order chi connectivity index (χ1) is 15.2. The molecule has 0 amide bonds. The van der Waals surface area contributed by atoms with Crippen LogP contribution in [0.3, 0.4) is 0 Å². The Bertz CT molecular complexity index is 1230. The molecule has 0 aliphatic heterocycles. The molecule has 4 rings (SSSR count). The van der Waals surface area contributed by atoms with E-state index in [9.17, 15) is 22.0 Å². The third kappa shape index (κ3) is 4.11. The molecular weight excluding hydrogens is 433 g/mol. The zero-order chi connectivity index (χ0) is 22.9. The lowest BCUT2D eigenvalue weighted by molar-refractivity contribution is -0.290. The van der Waals surface area contributed by atoms with E-state index in [1.165, 1.54) is 18.5 Å². The van der Waals surface area contributed by atoms with Gasteiger partial charge in [0.2, 0.25) is 0 Å². The van der Waals surface area contributed by atoms with Crippen molar-refractivity contribution in [1.29, 1.82) is 0 Å². The molecule has 0 aliphatic rings. The Morgan fingerprint density at radius 2 is 1.72 bits per heavy atom. The van der Waals surface area contributed by atoms with Crippen LogP contribution < -0.4 is 11.1 Å². The van der Waals surface area contributed by atoms with Crippen LogP contribution in [0.5, 0.6) is 0 Å². The van der Waals surface area contributed by atoms with E-state index in [4.69, 9.17) is 10.3 Å². The number of nitrogens with one attached hydrogen (secondary N) is 1. The zero-order valence-corrected chi connectivity index (χ0v) is 16.3. The van der Waals surface area contributed by atoms with Gasteiger partial charge in [-0.1, -0.05) is 41.6 Å². The summed E-state index contributed by atoms with van der Waals surface area (Å²) in [5.41, 5.74) is 6.22. The molecule has 6 nitrogen and oxygen atoms in total. The lowest BCUT2D eigenvalue weighted by atomic mass is 10.1. The van der Waals surface area contributed by atoms with Gasteiger partial charge >= 0.3 is 12.1 Å². The number of aromatic nitrogens is 3. The van der Waals surface area contributed by atoms with Gasteiger partial charge in [0.05, 0.1) is 11.1 Å². The van der Waals surface area contributed by atoms with E-state index in [-0.39, 0.29) is 11.6 Å². The minimum atomic E-state index is -5.79. The van der Waals surface area contributed by atoms with Crippen molar-refractivity contribution in [3.63, 3.8) is 0 Å². The predicted molar refractivity (Wildman–Crippen MR) is 107 cm³/mol. The molecule has 0 fully saturated rings. The van der Waals surface area contributed by atoms with Gasteiger partial charge in [-0.2, -0.15) is 22.0 Å². The van der Waals surface area contributed by atoms with Gasteiger partial charge < -0.3 is 15.6 Å². The van der Waals surface area contributed by atoms with Crippen LogP contribution >= 0.6 is 0 Å². The molecule has 32 heavy (non-hydrogen) atoms. The Hall–Kier alpha value is -3.60. The first-order valence-corrected chi connectivity index (χ1v) is 9.38. The fourth-order valence-electron chi connectivity index (χ4n) is 3.10. The van der Waals surface area contributed by atoms with E-state index in [2.05, 4.69) is 20.4 Å². The van der Waals surface area contributed by atoms with Crippen molar-refractivity contribution in [2.45, 2.75) is 18.1 Å². The van der Waals surface area contributed by atoms with Crippen LogP contribution in [0.2, 0.25) is 0 Å². The number of nitrogens with zero attached hydrogens (tertiary/aromatic N) is 3. The van der Waals surface area contributed by atoms with Crippen molar-refractivity contribution in [3.8, 4) is 11.3 Å². The quantitative estimate of drug-likeness (QED) is 0.401. The van der Waals surface area contributed by atoms with Crippen LogP contribution in [-0.4, -0.2) is 27.8 Å². The third-order valence-corrected chi connectivity index (χ3v) is 4.82. The maximum absolute atomic E-state index is 13.7. The molecule has 2 heterocycles. The van der Waals surface area contributed by atoms with E-state index < -0.39 is 23.2 Å². The molecule has 11 heteroatoms. The molecule has 0 spiro atoms. The van der Waals surface area contributed by atoms with E-state index in [1.54, 1.807) is 6.07 Å². The van der Waals surface area contributed by atoms with Gasteiger partial charge in [0.15, 0.2) is 11.3 Å². The van der Waals surface area contributed by atoms with E-state index in [0.29, 0.717) is 23.6 Å². The first kappa shape index (κ1) is 21.6. The van der Waals surface area contributed by atoms with Gasteiger partial charge in [-0.3, -0.25) is 0 Å². The molecular formula is C21H16F5N5O. The van der Waals surface area contributed by atoms with Crippen molar-refractivity contribution >= 4 is 16.8 Å². The third-order valence-electron chi connectivity index (χ3n) is 4.82. The summed E-state index contributed by atoms with van der Waals surface area (Å²) < 4.78 is 70.2. The monoisotopic (exact) mass is 449 g/mol. The van der Waals surface area contributed by atoms with Gasteiger partial charge in [-0.25, -0.2) is 9.97 Å². The second kappa shape index (κ2) is 8.15. The van der Waals surface area contributed by atoms with Gasteiger partial charge in [0, 0.05) is 24.2 Å². The van der Waals surface area contributed by atoms with Gasteiger partial charge in [-0.15, -0.1) is 0 Å². The first-order valence-electron chi connectivity index (χ1n) is 9.38. The molecule has 1 atom stereocenters. The lowest BCUT2D eigenvalue weighted by Crippen LogP contribution is -2.34. The predicted octanol–water partition coefficient (Wildman–Crippen LogP) is 5.05. The van der Waals surface area contributed by atoms with Crippen LogP contribution in [-0.2, 0) is 5.92 Å². The minimum Gasteiger partial charge on any atom is -0.368 e. The Balaban J connectivity index is 1.56. The summed E-state index contributed by atoms with van der Waals surface area (Å²) in [5.74, 6) is -4.67. The molecule has 0 saturated carbocycles. The molecule has 4 aromatic rings. The maximum atomic E-state index is 13.7. The topological polar surface area (TPSA) is 89.9 Å². The Morgan fingerprint density at radius 3 is 2.44 bits per heavy atom. The molecule has 0 saturated heterocycles. The van der Waals surface area contributed by atoms with Crippen molar-refractivity contribution in [3.05, 3.63) is 72.2 Å². The van der Waals surface area contributed by atoms with Crippen LogP contribution in [0.1, 0.15) is 17.3 Å². The smallest absolute Gasteiger partial charge is 0.368 e. The van der Waals surface area contributed by atoms with Crippen LogP contribution in [0.4, 0.5) is 27.8 Å². The van der Waals surface area contributed by atoms with E-state index >= 15 is 0 Å². The van der Waals surface area contributed by atoms with Crippen LogP contribution in [0.25, 0.3) is 22.2 Å². The number of benzene rings is 2. The van der Waals surface area contributed by atoms with Crippen molar-refractivity contribution in [1.82, 2.24) is 15.1 Å². The number of hydrogen-bond donors (Lipinski definition) is 2. The Kier molecular flexibility index (Phi) is 5.51. The molecule has 0 bridgehead atoms. The SMILES string of the molecule is N[C@@H](CNc1cc(-c2ccc3c(C(F)(F)C(F)(F)F)noc3c2)ncn1)c1ccccc1. The normalized spacial score (nSPS) is 13.3. The average Bonchev–Trinajstić information content (AvgIpc) is 3.21. The second-order valence-corrected chi connectivity index (χ2v) is 7.00. The number of fused-ring (bicyclic) bond motifs is 1. The molecule has 166 valence electrons. The number of hydrogen-bond acceptors (Lipinski definition) is 6. The summed E-state index contributed by atoms with van der Waals surface area (Å²) in [4.78, 5) is 8.24. The summed E-state index contributed by atoms with van der Waals surface area (Å²) in [6, 6.07) is 14.5. The standard InChI is InChI=1S/C21H16F5N5O/c22-20(23,21(24,25)26)19-14-7-6-13(8-17(14)32-31-19)16-9-18(30-11-29-16)28-10-15(27)12-4-2-1-3-5-12/h1-9,11,15H,10,27H2,(H,28,29,30)/t15-/m0/s1. The van der Waals surface area contributed by atoms with E-state index in [1.807, 2.05) is 30.3 Å². The summed E-state index contributed by atoms with van der Waals surface area (Å²) in [5, 5.41) is 5.62. The number of nitrogens with two attached hydrogens (primary N) is 1. The number of halogens is 5. The number of rotatable bonds is 6. The summed E-state index contributed by atoms with van der Waals surface area (Å²) >= 11 is 0. The van der Waals surface area contributed by atoms with E-state index in [0.717, 1.165) is 11.6 Å². The Labute approximate surface area is 178 Å². The highest BCUT2D eigenvalue weighted by Crippen LogP contribution is 2.45. The fraction of sp³-hybridized carbons (Fsp3) is 0.190. The van der Waals surface area contributed by atoms with Crippen LogP contribution in [0.15, 0.2) is 65.4 Å². The summed E-state index contributed by atoms with van der Waals surface area (Å²) in [6.45, 7) is 0.386. The average molecular weight is 449 g/mol. The zero-order valence-electron chi connectivity index (χ0n) is 16.3. The number of anilines is 1. The molecule has 2 aromatic carbocycles. The fourth-order valence-corrected chi connectivity index (χ4v) is 3.10. The van der Waals surface area contributed by atoms with Gasteiger partial charge in [0.25, 0.3) is 0 Å². The van der Waals surface area contributed by atoms with Crippen molar-refractivity contribution < 1.29 is 26.5 Å². The van der Waals surface area contributed by atoms with Gasteiger partial charge in [-0.05, 0) is 17.7 Å². The van der Waals surface area contributed by atoms with Crippen molar-refractivity contribution in [2.24, 2.45) is 5.73 Å². The van der Waals surface area contributed by atoms with Gasteiger partial charge in [0.1, 0.15) is 12.1 Å². The highest BCUT2D eigenvalue weighted by molar-refractivity contribution is 5.85. The molecule has 2 aromatic heterocycles. The molecule has 3 N–H and O–H groups in total. The maximum Gasteiger partial charge on any atom is 0.459 e. The Morgan fingerprint density at radius 1 is 0.969 bits per heavy atom. The molecule has 0 aliphatic carbocycles. The summed E-state index contributed by atoms with van der Waals surface area (Å²) in [7, 11) is 0. The molecule has 0 radical (unpaired) electrons. The molecule has 0 unspecified atom stereocenters. The minimum absolute atomic E-state index is 0.222. The lowest BCUT2D eigenvalue weighted by Gasteiger charge is -2.16. The second-order valence-electron chi connectivity index (χ2n) is 7.00. The largest absolute Gasteiger partial charge is 0.459 e. The number of alkyl halides is 5. The van der Waals surface area contributed by atoms with Crippen LogP contribution in [0, 0.1) is 0 Å². The highest BCUT2D eigenvalue weighted by Gasteiger charge is 2.61. The summed E-state index contributed by atoms with van der Waals surface area (Å²) in [6.07, 6.45) is -4.50.